The number of rotatable bonds is 3. The van der Waals surface area contributed by atoms with Crippen molar-refractivity contribution in [3.8, 4) is 5.75 Å². The third-order valence-corrected chi connectivity index (χ3v) is 4.26. The van der Waals surface area contributed by atoms with Gasteiger partial charge in [-0.2, -0.15) is 0 Å². The number of nitrogens with one attached hydrogen (secondary N) is 1. The van der Waals surface area contributed by atoms with E-state index < -0.39 is 11.8 Å². The van der Waals surface area contributed by atoms with Crippen molar-refractivity contribution in [2.75, 3.05) is 19.0 Å². The summed E-state index contributed by atoms with van der Waals surface area (Å²) in [7, 11) is 1.52. The molecule has 1 N–H and O–H groups in total. The van der Waals surface area contributed by atoms with Crippen LogP contribution in [0.25, 0.3) is 0 Å². The number of halogens is 1. The minimum Gasteiger partial charge on any atom is -0.495 e. The number of benzene rings is 1. The number of hydrogen-bond donors (Lipinski definition) is 1. The van der Waals surface area contributed by atoms with Crippen molar-refractivity contribution >= 4 is 29.1 Å². The number of anilines is 1. The fraction of sp³-hybridized carbons (Fsp3) is 0.500. The molecule has 1 heterocycles. The van der Waals surface area contributed by atoms with Gasteiger partial charge < -0.3 is 15.0 Å². The third-order valence-electron chi connectivity index (χ3n) is 3.96. The topological polar surface area (TPSA) is 58.6 Å². The number of carbonyl (C=O) groups is 2. The second-order valence-electron chi connectivity index (χ2n) is 5.36. The lowest BCUT2D eigenvalue weighted by Gasteiger charge is -2.34. The number of ether oxygens (including phenoxy) is 1. The first-order valence-corrected chi connectivity index (χ1v) is 7.90. The molecule has 120 valence electrons. The van der Waals surface area contributed by atoms with Gasteiger partial charge in [-0.25, -0.2) is 0 Å². The van der Waals surface area contributed by atoms with Crippen molar-refractivity contribution in [2.24, 2.45) is 0 Å². The Bertz CT molecular complexity index is 562. The van der Waals surface area contributed by atoms with Gasteiger partial charge in [0.15, 0.2) is 0 Å². The smallest absolute Gasteiger partial charge is 0.313 e. The number of piperidine rings is 1. The molecular formula is C16H21ClN2O3. The van der Waals surface area contributed by atoms with E-state index in [1.54, 1.807) is 23.1 Å². The molecule has 1 atom stereocenters. The van der Waals surface area contributed by atoms with Crippen LogP contribution in [-0.4, -0.2) is 36.4 Å². The number of nitrogens with zero attached hydrogens (tertiary/aromatic N) is 1. The Hall–Kier alpha value is -1.75. The molecule has 0 bridgehead atoms. The van der Waals surface area contributed by atoms with Crippen molar-refractivity contribution in [2.45, 2.75) is 38.6 Å². The average molecular weight is 325 g/mol. The van der Waals surface area contributed by atoms with Crippen LogP contribution < -0.4 is 10.1 Å². The largest absolute Gasteiger partial charge is 0.495 e. The molecule has 0 aliphatic carbocycles. The highest BCUT2D eigenvalue weighted by Gasteiger charge is 2.29. The van der Waals surface area contributed by atoms with Crippen LogP contribution in [0.2, 0.25) is 5.02 Å². The van der Waals surface area contributed by atoms with E-state index in [0.717, 1.165) is 25.7 Å². The van der Waals surface area contributed by atoms with E-state index in [9.17, 15) is 9.59 Å². The Balaban J connectivity index is 2.04. The standard InChI is InChI=1S/C16H21ClN2O3/c1-3-12-6-4-5-9-19(12)16(21)15(20)18-11-7-8-14(22-2)13(17)10-11/h7-8,10,12H,3-6,9H2,1-2H3,(H,18,20). The summed E-state index contributed by atoms with van der Waals surface area (Å²) in [6, 6.07) is 5.03. The van der Waals surface area contributed by atoms with Crippen molar-refractivity contribution in [3.05, 3.63) is 23.2 Å². The van der Waals surface area contributed by atoms with Gasteiger partial charge in [-0.05, 0) is 43.9 Å². The average Bonchev–Trinajstić information content (AvgIpc) is 2.54. The van der Waals surface area contributed by atoms with Gasteiger partial charge in [-0.15, -0.1) is 0 Å². The lowest BCUT2D eigenvalue weighted by molar-refractivity contribution is -0.145. The summed E-state index contributed by atoms with van der Waals surface area (Å²) in [4.78, 5) is 26.2. The number of carbonyl (C=O) groups excluding carboxylic acids is 2. The monoisotopic (exact) mass is 324 g/mol. The maximum atomic E-state index is 12.3. The Labute approximate surface area is 135 Å². The van der Waals surface area contributed by atoms with Crippen LogP contribution in [0.3, 0.4) is 0 Å². The van der Waals surface area contributed by atoms with Crippen LogP contribution in [0.1, 0.15) is 32.6 Å². The lowest BCUT2D eigenvalue weighted by Crippen LogP contribution is -2.48. The van der Waals surface area contributed by atoms with Crippen molar-refractivity contribution in [3.63, 3.8) is 0 Å². The SMILES string of the molecule is CCC1CCCCN1C(=O)C(=O)Nc1ccc(OC)c(Cl)c1. The zero-order valence-electron chi connectivity index (χ0n) is 12.9. The number of hydrogen-bond acceptors (Lipinski definition) is 3. The minimum absolute atomic E-state index is 0.159. The highest BCUT2D eigenvalue weighted by molar-refractivity contribution is 6.40. The molecule has 22 heavy (non-hydrogen) atoms. The first-order chi connectivity index (χ1) is 10.6. The van der Waals surface area contributed by atoms with E-state index >= 15 is 0 Å². The van der Waals surface area contributed by atoms with Gasteiger partial charge in [0.2, 0.25) is 0 Å². The molecule has 2 amide bonds. The second kappa shape index (κ2) is 7.49. The zero-order valence-corrected chi connectivity index (χ0v) is 13.7. The van der Waals surface area contributed by atoms with Crippen LogP contribution in [0.5, 0.6) is 5.75 Å². The predicted octanol–water partition coefficient (Wildman–Crippen LogP) is 3.08. The third kappa shape index (κ3) is 3.71. The first-order valence-electron chi connectivity index (χ1n) is 7.52. The van der Waals surface area contributed by atoms with E-state index in [1.807, 2.05) is 6.92 Å². The quantitative estimate of drug-likeness (QED) is 0.869. The summed E-state index contributed by atoms with van der Waals surface area (Å²) >= 11 is 6.02. The maximum Gasteiger partial charge on any atom is 0.313 e. The van der Waals surface area contributed by atoms with Crippen molar-refractivity contribution in [1.82, 2.24) is 4.90 Å². The van der Waals surface area contributed by atoms with Gasteiger partial charge in [0, 0.05) is 18.3 Å². The summed E-state index contributed by atoms with van der Waals surface area (Å²) in [5.41, 5.74) is 0.481. The van der Waals surface area contributed by atoms with Crippen molar-refractivity contribution in [1.29, 1.82) is 0 Å². The summed E-state index contributed by atoms with van der Waals surface area (Å²) < 4.78 is 5.06. The molecule has 2 rings (SSSR count). The minimum atomic E-state index is -0.624. The molecule has 0 aromatic heterocycles. The normalized spacial score (nSPS) is 18.0. The number of amides is 2. The highest BCUT2D eigenvalue weighted by Crippen LogP contribution is 2.27. The molecule has 1 fully saturated rings. The maximum absolute atomic E-state index is 12.3. The summed E-state index contributed by atoms with van der Waals surface area (Å²) in [5, 5.41) is 2.99. The van der Waals surface area contributed by atoms with Crippen molar-refractivity contribution < 1.29 is 14.3 Å². The van der Waals surface area contributed by atoms with Gasteiger partial charge in [0.1, 0.15) is 5.75 Å². The Morgan fingerprint density at radius 2 is 2.18 bits per heavy atom. The molecule has 5 nitrogen and oxygen atoms in total. The van der Waals surface area contributed by atoms with Crippen LogP contribution in [0.15, 0.2) is 18.2 Å². The molecular weight excluding hydrogens is 304 g/mol. The predicted molar refractivity (Wildman–Crippen MR) is 86.3 cm³/mol. The number of methoxy groups -OCH3 is 1. The summed E-state index contributed by atoms with van der Waals surface area (Å²) in [6.07, 6.45) is 3.89. The van der Waals surface area contributed by atoms with E-state index in [-0.39, 0.29) is 6.04 Å². The van der Waals surface area contributed by atoms with Gasteiger partial charge in [-0.1, -0.05) is 18.5 Å². The van der Waals surface area contributed by atoms with Crippen LogP contribution >= 0.6 is 11.6 Å². The molecule has 6 heteroatoms. The second-order valence-corrected chi connectivity index (χ2v) is 5.77. The van der Waals surface area contributed by atoms with Gasteiger partial charge in [0.25, 0.3) is 0 Å². The van der Waals surface area contributed by atoms with Crippen LogP contribution in [0.4, 0.5) is 5.69 Å². The molecule has 1 aliphatic rings. The molecule has 0 spiro atoms. The molecule has 1 unspecified atom stereocenters. The first kappa shape index (κ1) is 16.6. The van der Waals surface area contributed by atoms with Gasteiger partial charge in [-0.3, -0.25) is 9.59 Å². The lowest BCUT2D eigenvalue weighted by atomic mass is 10.00. The Morgan fingerprint density at radius 1 is 1.41 bits per heavy atom. The fourth-order valence-corrected chi connectivity index (χ4v) is 3.01. The zero-order chi connectivity index (χ0) is 16.1. The fourth-order valence-electron chi connectivity index (χ4n) is 2.75. The van der Waals surface area contributed by atoms with Gasteiger partial charge >= 0.3 is 11.8 Å². The molecule has 1 aliphatic heterocycles. The highest BCUT2D eigenvalue weighted by atomic mass is 35.5. The number of likely N-dealkylation sites (tertiary alicyclic amines) is 1. The summed E-state index contributed by atoms with van der Waals surface area (Å²) in [6.45, 7) is 2.69. The molecule has 0 radical (unpaired) electrons. The van der Waals surface area contributed by atoms with E-state index in [4.69, 9.17) is 16.3 Å². The van der Waals surface area contributed by atoms with E-state index in [1.165, 1.54) is 7.11 Å². The summed E-state index contributed by atoms with van der Waals surface area (Å²) in [5.74, 6) is -0.576. The molecule has 1 aromatic carbocycles. The van der Waals surface area contributed by atoms with Gasteiger partial charge in [0.05, 0.1) is 12.1 Å². The Kier molecular flexibility index (Phi) is 5.66. The molecule has 1 aromatic rings. The molecule has 0 saturated carbocycles. The van der Waals surface area contributed by atoms with Crippen LogP contribution in [0, 0.1) is 0 Å². The van der Waals surface area contributed by atoms with Crippen LogP contribution in [-0.2, 0) is 9.59 Å². The Morgan fingerprint density at radius 3 is 2.82 bits per heavy atom. The van der Waals surface area contributed by atoms with E-state index in [0.29, 0.717) is 23.0 Å². The van der Waals surface area contributed by atoms with E-state index in [2.05, 4.69) is 5.32 Å². The molecule has 1 saturated heterocycles.